The molecule has 4 nitrogen and oxygen atoms in total. The van der Waals surface area contributed by atoms with Crippen molar-refractivity contribution in [1.82, 2.24) is 4.72 Å². The van der Waals surface area contributed by atoms with E-state index in [0.29, 0.717) is 21.9 Å². The van der Waals surface area contributed by atoms with Crippen LogP contribution in [0.25, 0.3) is 0 Å². The molecule has 0 aliphatic heterocycles. The zero-order valence-corrected chi connectivity index (χ0v) is 15.2. The fourth-order valence-corrected chi connectivity index (χ4v) is 5.15. The van der Waals surface area contributed by atoms with Gasteiger partial charge in [-0.05, 0) is 34.1 Å². The molecular formula is C13H14BrClN2O2S2. The number of benzene rings is 1. The van der Waals surface area contributed by atoms with E-state index in [4.69, 9.17) is 11.6 Å². The molecule has 1 aromatic heterocycles. The Morgan fingerprint density at radius 2 is 2.00 bits per heavy atom. The Bertz CT molecular complexity index is 685. The molecule has 21 heavy (non-hydrogen) atoms. The molecule has 0 unspecified atom stereocenters. The zero-order chi connectivity index (χ0) is 15.5. The summed E-state index contributed by atoms with van der Waals surface area (Å²) in [5, 5.41) is 0.404. The number of hydrogen-bond donors (Lipinski definition) is 1. The molecule has 0 radical (unpaired) electrons. The Morgan fingerprint density at radius 1 is 1.33 bits per heavy atom. The average molecular weight is 410 g/mol. The number of likely N-dealkylation sites (N-methyl/N-ethyl adjacent to an activating group) is 1. The molecule has 1 heterocycles. The van der Waals surface area contributed by atoms with E-state index in [-0.39, 0.29) is 4.21 Å². The van der Waals surface area contributed by atoms with Crippen molar-refractivity contribution in [2.75, 3.05) is 25.0 Å². The second-order valence-corrected chi connectivity index (χ2v) is 9.11. The predicted octanol–water partition coefficient (Wildman–Crippen LogP) is 3.58. The van der Waals surface area contributed by atoms with Gasteiger partial charge in [0.2, 0.25) is 10.0 Å². The van der Waals surface area contributed by atoms with Crippen LogP contribution >= 0.6 is 38.9 Å². The van der Waals surface area contributed by atoms with Crippen LogP contribution in [0.5, 0.6) is 0 Å². The van der Waals surface area contributed by atoms with E-state index in [1.165, 1.54) is 6.07 Å². The molecular weight excluding hydrogens is 396 g/mol. The maximum absolute atomic E-state index is 12.1. The number of nitrogens with one attached hydrogen (secondary N) is 1. The van der Waals surface area contributed by atoms with Crippen molar-refractivity contribution in [3.05, 3.63) is 45.2 Å². The molecule has 0 saturated heterocycles. The number of hydrogen-bond acceptors (Lipinski definition) is 4. The molecule has 0 amide bonds. The van der Waals surface area contributed by atoms with Gasteiger partial charge in [-0.3, -0.25) is 0 Å². The van der Waals surface area contributed by atoms with Gasteiger partial charge in [-0.25, -0.2) is 13.1 Å². The molecule has 1 N–H and O–H groups in total. The van der Waals surface area contributed by atoms with E-state index in [2.05, 4.69) is 20.7 Å². The summed E-state index contributed by atoms with van der Waals surface area (Å²) in [6.07, 6.45) is 0. The van der Waals surface area contributed by atoms with E-state index in [1.807, 2.05) is 42.3 Å². The van der Waals surface area contributed by atoms with Crippen LogP contribution in [0.1, 0.15) is 0 Å². The van der Waals surface area contributed by atoms with Gasteiger partial charge in [0.1, 0.15) is 4.21 Å². The first kappa shape index (κ1) is 16.8. The van der Waals surface area contributed by atoms with Crippen LogP contribution in [0.4, 0.5) is 5.69 Å². The van der Waals surface area contributed by atoms with Crippen LogP contribution in [0.2, 0.25) is 5.02 Å². The van der Waals surface area contributed by atoms with Crippen LogP contribution in [-0.2, 0) is 10.0 Å². The van der Waals surface area contributed by atoms with Gasteiger partial charge >= 0.3 is 0 Å². The molecule has 114 valence electrons. The quantitative estimate of drug-likeness (QED) is 0.793. The SMILES string of the molecule is CN(CCNS(=O)(=O)c1cc(Cl)c(Br)s1)c1ccccc1. The minimum absolute atomic E-state index is 0.210. The summed E-state index contributed by atoms with van der Waals surface area (Å²) in [6.45, 7) is 0.893. The summed E-state index contributed by atoms with van der Waals surface area (Å²) in [6, 6.07) is 11.2. The van der Waals surface area contributed by atoms with Crippen molar-refractivity contribution in [2.45, 2.75) is 4.21 Å². The van der Waals surface area contributed by atoms with Gasteiger partial charge in [0.15, 0.2) is 0 Å². The number of anilines is 1. The van der Waals surface area contributed by atoms with Crippen LogP contribution in [0.15, 0.2) is 44.4 Å². The average Bonchev–Trinajstić information content (AvgIpc) is 2.80. The van der Waals surface area contributed by atoms with E-state index < -0.39 is 10.0 Å². The highest BCUT2D eigenvalue weighted by Gasteiger charge is 2.18. The molecule has 8 heteroatoms. The summed E-state index contributed by atoms with van der Waals surface area (Å²) >= 11 is 10.2. The van der Waals surface area contributed by atoms with Crippen molar-refractivity contribution in [3.63, 3.8) is 0 Å². The molecule has 0 atom stereocenters. The fourth-order valence-electron chi connectivity index (χ4n) is 1.69. The largest absolute Gasteiger partial charge is 0.373 e. The summed E-state index contributed by atoms with van der Waals surface area (Å²) in [7, 11) is -1.59. The third-order valence-electron chi connectivity index (χ3n) is 2.82. The normalized spacial score (nSPS) is 11.6. The first-order valence-electron chi connectivity index (χ1n) is 6.11. The summed E-state index contributed by atoms with van der Waals surface area (Å²) < 4.78 is 27.6. The maximum atomic E-state index is 12.1. The summed E-state index contributed by atoms with van der Waals surface area (Å²) in [5.41, 5.74) is 1.04. The van der Waals surface area contributed by atoms with Crippen molar-refractivity contribution >= 4 is 54.6 Å². The van der Waals surface area contributed by atoms with Gasteiger partial charge in [0.05, 0.1) is 8.81 Å². The number of para-hydroxylation sites is 1. The Hall–Kier alpha value is -0.600. The van der Waals surface area contributed by atoms with Crippen molar-refractivity contribution < 1.29 is 8.42 Å². The van der Waals surface area contributed by atoms with Gasteiger partial charge < -0.3 is 4.90 Å². The second-order valence-electron chi connectivity index (χ2n) is 4.34. The molecule has 0 bridgehead atoms. The highest BCUT2D eigenvalue weighted by molar-refractivity contribution is 9.11. The molecule has 0 aliphatic carbocycles. The number of thiophene rings is 1. The zero-order valence-electron chi connectivity index (χ0n) is 11.2. The number of nitrogens with zero attached hydrogens (tertiary/aromatic N) is 1. The second kappa shape index (κ2) is 7.11. The van der Waals surface area contributed by atoms with E-state index in [9.17, 15) is 8.42 Å². The molecule has 0 fully saturated rings. The Balaban J connectivity index is 1.93. The minimum Gasteiger partial charge on any atom is -0.373 e. The molecule has 0 spiro atoms. The third-order valence-corrected chi connectivity index (χ3v) is 7.23. The number of rotatable bonds is 6. The first-order valence-corrected chi connectivity index (χ1v) is 9.58. The fraction of sp³-hybridized carbons (Fsp3) is 0.231. The lowest BCUT2D eigenvalue weighted by Gasteiger charge is -2.19. The lowest BCUT2D eigenvalue weighted by molar-refractivity contribution is 0.583. The summed E-state index contributed by atoms with van der Waals surface area (Å²) in [5.74, 6) is 0. The molecule has 1 aromatic carbocycles. The highest BCUT2D eigenvalue weighted by Crippen LogP contribution is 2.34. The molecule has 0 aliphatic rings. The molecule has 0 saturated carbocycles. The van der Waals surface area contributed by atoms with Gasteiger partial charge in [-0.15, -0.1) is 11.3 Å². The third kappa shape index (κ3) is 4.43. The van der Waals surface area contributed by atoms with Crippen molar-refractivity contribution in [1.29, 1.82) is 0 Å². The number of halogens is 2. The van der Waals surface area contributed by atoms with Crippen LogP contribution in [0.3, 0.4) is 0 Å². The van der Waals surface area contributed by atoms with Gasteiger partial charge in [0.25, 0.3) is 0 Å². The summed E-state index contributed by atoms with van der Waals surface area (Å²) in [4.78, 5) is 1.99. The smallest absolute Gasteiger partial charge is 0.250 e. The van der Waals surface area contributed by atoms with Gasteiger partial charge in [0, 0.05) is 25.8 Å². The Labute approximate surface area is 141 Å². The predicted molar refractivity (Wildman–Crippen MR) is 91.9 cm³/mol. The Kier molecular flexibility index (Phi) is 5.67. The maximum Gasteiger partial charge on any atom is 0.250 e. The van der Waals surface area contributed by atoms with E-state index >= 15 is 0 Å². The van der Waals surface area contributed by atoms with E-state index in [1.54, 1.807) is 0 Å². The van der Waals surface area contributed by atoms with Crippen LogP contribution < -0.4 is 9.62 Å². The molecule has 2 aromatic rings. The standard InChI is InChI=1S/C13H14BrClN2O2S2/c1-17(10-5-3-2-4-6-10)8-7-16-21(18,19)12-9-11(15)13(14)20-12/h2-6,9,16H,7-8H2,1H3. The topological polar surface area (TPSA) is 49.4 Å². The van der Waals surface area contributed by atoms with Crippen LogP contribution in [-0.4, -0.2) is 28.6 Å². The first-order chi connectivity index (χ1) is 9.90. The molecule has 2 rings (SSSR count). The number of sulfonamides is 1. The van der Waals surface area contributed by atoms with Crippen LogP contribution in [0, 0.1) is 0 Å². The minimum atomic E-state index is -3.51. The van der Waals surface area contributed by atoms with Crippen molar-refractivity contribution in [2.24, 2.45) is 0 Å². The lowest BCUT2D eigenvalue weighted by Crippen LogP contribution is -2.32. The highest BCUT2D eigenvalue weighted by atomic mass is 79.9. The Morgan fingerprint density at radius 3 is 2.57 bits per heavy atom. The van der Waals surface area contributed by atoms with Gasteiger partial charge in [-0.1, -0.05) is 29.8 Å². The van der Waals surface area contributed by atoms with Crippen molar-refractivity contribution in [3.8, 4) is 0 Å². The van der Waals surface area contributed by atoms with E-state index in [0.717, 1.165) is 17.0 Å². The lowest BCUT2D eigenvalue weighted by atomic mass is 10.3. The van der Waals surface area contributed by atoms with Gasteiger partial charge in [-0.2, -0.15) is 0 Å². The monoisotopic (exact) mass is 408 g/mol.